The molecule has 0 aliphatic heterocycles. The molecule has 0 spiro atoms. The molecule has 0 bridgehead atoms. The van der Waals surface area contributed by atoms with E-state index in [0.717, 1.165) is 11.1 Å². The summed E-state index contributed by atoms with van der Waals surface area (Å²) in [6, 6.07) is 15.0. The van der Waals surface area contributed by atoms with E-state index in [1.54, 1.807) is 25.2 Å². The van der Waals surface area contributed by atoms with E-state index < -0.39 is 0 Å². The Balaban J connectivity index is 2.01. The standard InChI is InChI=1S/C17H15N3O2/c1-11-7-9-12(10-8-11)15-19-17(22-20-15)14-6-4-3-5-13(14)16(21)18-2/h3-10H,1-2H3,(H,18,21). The van der Waals surface area contributed by atoms with Crippen LogP contribution in [0.4, 0.5) is 0 Å². The summed E-state index contributed by atoms with van der Waals surface area (Å²) in [5.41, 5.74) is 3.16. The van der Waals surface area contributed by atoms with Crippen molar-refractivity contribution in [3.8, 4) is 22.8 Å². The molecule has 1 amide bonds. The highest BCUT2D eigenvalue weighted by Gasteiger charge is 2.17. The molecule has 5 nitrogen and oxygen atoms in total. The summed E-state index contributed by atoms with van der Waals surface area (Å²) in [6.07, 6.45) is 0. The molecule has 1 N–H and O–H groups in total. The quantitative estimate of drug-likeness (QED) is 0.805. The number of benzene rings is 2. The molecule has 3 rings (SSSR count). The Labute approximate surface area is 128 Å². The highest BCUT2D eigenvalue weighted by Crippen LogP contribution is 2.25. The van der Waals surface area contributed by atoms with Gasteiger partial charge in [0.25, 0.3) is 11.8 Å². The molecule has 22 heavy (non-hydrogen) atoms. The van der Waals surface area contributed by atoms with E-state index in [1.165, 1.54) is 0 Å². The number of hydrogen-bond acceptors (Lipinski definition) is 4. The average molecular weight is 293 g/mol. The van der Waals surface area contributed by atoms with E-state index in [-0.39, 0.29) is 5.91 Å². The van der Waals surface area contributed by atoms with E-state index in [9.17, 15) is 4.79 Å². The number of rotatable bonds is 3. The van der Waals surface area contributed by atoms with Gasteiger partial charge < -0.3 is 9.84 Å². The lowest BCUT2D eigenvalue weighted by Gasteiger charge is -2.03. The molecule has 5 heteroatoms. The number of nitrogens with zero attached hydrogens (tertiary/aromatic N) is 2. The lowest BCUT2D eigenvalue weighted by Crippen LogP contribution is -2.18. The first-order valence-electron chi connectivity index (χ1n) is 6.91. The highest BCUT2D eigenvalue weighted by atomic mass is 16.5. The van der Waals surface area contributed by atoms with Gasteiger partial charge in [-0.05, 0) is 19.1 Å². The fourth-order valence-corrected chi connectivity index (χ4v) is 2.16. The monoisotopic (exact) mass is 293 g/mol. The molecule has 0 atom stereocenters. The summed E-state index contributed by atoms with van der Waals surface area (Å²) in [5, 5.41) is 6.61. The maximum Gasteiger partial charge on any atom is 0.259 e. The van der Waals surface area contributed by atoms with Crippen LogP contribution in [0.3, 0.4) is 0 Å². The molecule has 0 aliphatic rings. The van der Waals surface area contributed by atoms with Crippen LogP contribution in [0.25, 0.3) is 22.8 Å². The summed E-state index contributed by atoms with van der Waals surface area (Å²) in [7, 11) is 1.59. The van der Waals surface area contributed by atoms with Gasteiger partial charge >= 0.3 is 0 Å². The SMILES string of the molecule is CNC(=O)c1ccccc1-c1nc(-c2ccc(C)cc2)no1. The van der Waals surface area contributed by atoms with Gasteiger partial charge in [0, 0.05) is 12.6 Å². The van der Waals surface area contributed by atoms with Crippen LogP contribution in [0.1, 0.15) is 15.9 Å². The predicted molar refractivity (Wildman–Crippen MR) is 83.3 cm³/mol. The fraction of sp³-hybridized carbons (Fsp3) is 0.118. The van der Waals surface area contributed by atoms with E-state index in [2.05, 4.69) is 15.5 Å². The number of carbonyl (C=O) groups excluding carboxylic acids is 1. The van der Waals surface area contributed by atoms with Crippen LogP contribution in [0.5, 0.6) is 0 Å². The van der Waals surface area contributed by atoms with Gasteiger partial charge in [0.1, 0.15) is 0 Å². The third kappa shape index (κ3) is 2.61. The van der Waals surface area contributed by atoms with Gasteiger partial charge in [0.2, 0.25) is 5.82 Å². The highest BCUT2D eigenvalue weighted by molar-refractivity contribution is 5.99. The number of aromatic nitrogens is 2. The van der Waals surface area contributed by atoms with E-state index >= 15 is 0 Å². The van der Waals surface area contributed by atoms with E-state index in [4.69, 9.17) is 4.52 Å². The first-order valence-corrected chi connectivity index (χ1v) is 6.91. The molecule has 0 aliphatic carbocycles. The Hall–Kier alpha value is -2.95. The molecule has 2 aromatic carbocycles. The van der Waals surface area contributed by atoms with Crippen LogP contribution < -0.4 is 5.32 Å². The second-order valence-corrected chi connectivity index (χ2v) is 4.91. The Kier molecular flexibility index (Phi) is 3.70. The minimum Gasteiger partial charge on any atom is -0.355 e. The predicted octanol–water partition coefficient (Wildman–Crippen LogP) is 3.07. The van der Waals surface area contributed by atoms with Crippen molar-refractivity contribution in [2.24, 2.45) is 0 Å². The zero-order chi connectivity index (χ0) is 15.5. The second-order valence-electron chi connectivity index (χ2n) is 4.91. The molecular formula is C17H15N3O2. The van der Waals surface area contributed by atoms with Crippen LogP contribution in [-0.2, 0) is 0 Å². The Morgan fingerprint density at radius 2 is 1.82 bits per heavy atom. The molecule has 0 radical (unpaired) electrons. The van der Waals surface area contributed by atoms with Gasteiger partial charge in [-0.2, -0.15) is 4.98 Å². The lowest BCUT2D eigenvalue weighted by molar-refractivity contribution is 0.0963. The smallest absolute Gasteiger partial charge is 0.259 e. The van der Waals surface area contributed by atoms with Crippen LogP contribution in [0.15, 0.2) is 53.1 Å². The van der Waals surface area contributed by atoms with Crippen molar-refractivity contribution >= 4 is 5.91 Å². The number of nitrogens with one attached hydrogen (secondary N) is 1. The van der Waals surface area contributed by atoms with Crippen molar-refractivity contribution in [1.29, 1.82) is 0 Å². The molecule has 0 fully saturated rings. The topological polar surface area (TPSA) is 68.0 Å². The van der Waals surface area contributed by atoms with E-state index in [1.807, 2.05) is 37.3 Å². The van der Waals surface area contributed by atoms with Crippen molar-refractivity contribution in [2.75, 3.05) is 7.05 Å². The van der Waals surface area contributed by atoms with Crippen molar-refractivity contribution in [2.45, 2.75) is 6.92 Å². The largest absolute Gasteiger partial charge is 0.355 e. The Morgan fingerprint density at radius 1 is 1.09 bits per heavy atom. The molecular weight excluding hydrogens is 278 g/mol. The lowest BCUT2D eigenvalue weighted by atomic mass is 10.1. The molecule has 110 valence electrons. The zero-order valence-corrected chi connectivity index (χ0v) is 12.3. The summed E-state index contributed by atoms with van der Waals surface area (Å²) in [6.45, 7) is 2.02. The summed E-state index contributed by atoms with van der Waals surface area (Å²) in [4.78, 5) is 16.3. The minimum atomic E-state index is -0.189. The molecule has 1 aromatic heterocycles. The van der Waals surface area contributed by atoms with Gasteiger partial charge in [-0.25, -0.2) is 0 Å². The van der Waals surface area contributed by atoms with Crippen molar-refractivity contribution < 1.29 is 9.32 Å². The van der Waals surface area contributed by atoms with Gasteiger partial charge in [-0.15, -0.1) is 0 Å². The number of aryl methyl sites for hydroxylation is 1. The van der Waals surface area contributed by atoms with Gasteiger partial charge in [-0.1, -0.05) is 47.1 Å². The molecule has 1 heterocycles. The van der Waals surface area contributed by atoms with Crippen LogP contribution in [-0.4, -0.2) is 23.1 Å². The summed E-state index contributed by atoms with van der Waals surface area (Å²) in [5.74, 6) is 0.641. The molecule has 0 saturated heterocycles. The average Bonchev–Trinajstić information content (AvgIpc) is 3.04. The normalized spacial score (nSPS) is 10.5. The second kappa shape index (κ2) is 5.81. The number of carbonyl (C=O) groups is 1. The van der Waals surface area contributed by atoms with Gasteiger partial charge in [-0.3, -0.25) is 4.79 Å². The van der Waals surface area contributed by atoms with Crippen molar-refractivity contribution in [3.63, 3.8) is 0 Å². The third-order valence-electron chi connectivity index (χ3n) is 3.36. The first kappa shape index (κ1) is 14.0. The number of amides is 1. The summed E-state index contributed by atoms with van der Waals surface area (Å²) < 4.78 is 5.33. The third-order valence-corrected chi connectivity index (χ3v) is 3.36. The molecule has 3 aromatic rings. The van der Waals surface area contributed by atoms with Gasteiger partial charge in [0.15, 0.2) is 0 Å². The maximum absolute atomic E-state index is 11.9. The van der Waals surface area contributed by atoms with Gasteiger partial charge in [0.05, 0.1) is 11.1 Å². The zero-order valence-electron chi connectivity index (χ0n) is 12.3. The Morgan fingerprint density at radius 3 is 2.55 bits per heavy atom. The first-order chi connectivity index (χ1) is 10.7. The maximum atomic E-state index is 11.9. The van der Waals surface area contributed by atoms with Crippen LogP contribution >= 0.6 is 0 Å². The van der Waals surface area contributed by atoms with Crippen molar-refractivity contribution in [1.82, 2.24) is 15.5 Å². The van der Waals surface area contributed by atoms with Crippen LogP contribution in [0.2, 0.25) is 0 Å². The molecule has 0 unspecified atom stereocenters. The van der Waals surface area contributed by atoms with E-state index in [0.29, 0.717) is 22.8 Å². The minimum absolute atomic E-state index is 0.189. The fourth-order valence-electron chi connectivity index (χ4n) is 2.16. The molecule has 0 saturated carbocycles. The van der Waals surface area contributed by atoms with Crippen LogP contribution in [0, 0.1) is 6.92 Å². The number of hydrogen-bond donors (Lipinski definition) is 1. The summed E-state index contributed by atoms with van der Waals surface area (Å²) >= 11 is 0. The van der Waals surface area contributed by atoms with Crippen molar-refractivity contribution in [3.05, 3.63) is 59.7 Å². The Bertz CT molecular complexity index is 807.